The van der Waals surface area contributed by atoms with Crippen molar-refractivity contribution in [1.82, 2.24) is 15.3 Å². The van der Waals surface area contributed by atoms with E-state index in [1.54, 1.807) is 6.07 Å². The second-order valence-corrected chi connectivity index (χ2v) is 6.10. The van der Waals surface area contributed by atoms with E-state index in [0.717, 1.165) is 37.4 Å². The van der Waals surface area contributed by atoms with E-state index in [4.69, 9.17) is 4.98 Å². The topological polar surface area (TPSA) is 61.0 Å². The van der Waals surface area contributed by atoms with E-state index >= 15 is 0 Å². The second kappa shape index (κ2) is 5.56. The summed E-state index contributed by atoms with van der Waals surface area (Å²) in [6, 6.07) is 2.49. The number of nitrogens with zero attached hydrogens (tertiary/aromatic N) is 2. The van der Waals surface area contributed by atoms with Crippen molar-refractivity contribution >= 4 is 5.82 Å². The Kier molecular flexibility index (Phi) is 3.78. The number of aromatic nitrogens is 2. The minimum atomic E-state index is -0.0154. The third-order valence-corrected chi connectivity index (χ3v) is 4.59. The van der Waals surface area contributed by atoms with Gasteiger partial charge in [-0.3, -0.25) is 4.79 Å². The molecule has 1 saturated heterocycles. The first-order chi connectivity index (χ1) is 9.69. The first kappa shape index (κ1) is 13.6. The summed E-state index contributed by atoms with van der Waals surface area (Å²) in [6.45, 7) is 3.20. The van der Waals surface area contributed by atoms with Gasteiger partial charge in [-0.05, 0) is 46.1 Å². The Hall–Kier alpha value is -1.36. The third kappa shape index (κ3) is 2.73. The summed E-state index contributed by atoms with van der Waals surface area (Å²) in [6.07, 6.45) is 5.91. The number of anilines is 1. The maximum Gasteiger partial charge on any atom is 0.252 e. The fourth-order valence-corrected chi connectivity index (χ4v) is 3.11. The first-order valence-corrected chi connectivity index (χ1v) is 7.74. The van der Waals surface area contributed by atoms with Gasteiger partial charge < -0.3 is 15.2 Å². The zero-order chi connectivity index (χ0) is 14.1. The molecule has 2 unspecified atom stereocenters. The molecule has 110 valence electrons. The van der Waals surface area contributed by atoms with Gasteiger partial charge in [0.1, 0.15) is 11.6 Å². The number of likely N-dealkylation sites (N-methyl/N-ethyl adjacent to an activating group) is 1. The van der Waals surface area contributed by atoms with Crippen molar-refractivity contribution in [3.8, 4) is 0 Å². The molecule has 1 aromatic heterocycles. The van der Waals surface area contributed by atoms with Crippen LogP contribution in [0.15, 0.2) is 10.9 Å². The van der Waals surface area contributed by atoms with Crippen molar-refractivity contribution in [1.29, 1.82) is 0 Å². The van der Waals surface area contributed by atoms with Crippen LogP contribution in [0.25, 0.3) is 0 Å². The van der Waals surface area contributed by atoms with Crippen molar-refractivity contribution in [2.75, 3.05) is 18.5 Å². The van der Waals surface area contributed by atoms with Gasteiger partial charge in [-0.1, -0.05) is 0 Å². The average Bonchev–Trinajstić information content (AvgIpc) is 3.30. The molecule has 2 fully saturated rings. The minimum Gasteiger partial charge on any atom is -0.352 e. The van der Waals surface area contributed by atoms with Crippen LogP contribution in [0.2, 0.25) is 0 Å². The predicted molar refractivity (Wildman–Crippen MR) is 80.3 cm³/mol. The normalized spacial score (nSPS) is 24.7. The quantitative estimate of drug-likeness (QED) is 0.877. The van der Waals surface area contributed by atoms with Crippen LogP contribution in [-0.2, 0) is 0 Å². The fourth-order valence-electron chi connectivity index (χ4n) is 3.11. The summed E-state index contributed by atoms with van der Waals surface area (Å²) in [5.74, 6) is 2.23. The Morgan fingerprint density at radius 3 is 2.90 bits per heavy atom. The predicted octanol–water partition coefficient (Wildman–Crippen LogP) is 1.61. The van der Waals surface area contributed by atoms with Crippen LogP contribution in [0.4, 0.5) is 5.82 Å². The molecule has 0 radical (unpaired) electrons. The van der Waals surface area contributed by atoms with E-state index in [0.29, 0.717) is 18.0 Å². The smallest absolute Gasteiger partial charge is 0.252 e. The Bertz CT molecular complexity index is 523. The molecule has 2 heterocycles. The molecule has 3 rings (SSSR count). The van der Waals surface area contributed by atoms with E-state index < -0.39 is 0 Å². The fraction of sp³-hybridized carbons (Fsp3) is 0.733. The maximum atomic E-state index is 11.9. The average molecular weight is 276 g/mol. The Morgan fingerprint density at radius 2 is 2.20 bits per heavy atom. The number of hydrogen-bond donors (Lipinski definition) is 2. The molecule has 0 aromatic carbocycles. The van der Waals surface area contributed by atoms with Crippen LogP contribution in [0.3, 0.4) is 0 Å². The highest BCUT2D eigenvalue weighted by molar-refractivity contribution is 5.40. The molecule has 0 bridgehead atoms. The molecule has 2 atom stereocenters. The molecule has 1 aliphatic carbocycles. The molecule has 2 aliphatic rings. The standard InChI is InChI=1S/C15H24N4O/c1-10(16-2)12-5-3-4-8-19(12)13-9-14(20)18-15(17-13)11-6-7-11/h9-12,16H,3-8H2,1-2H3,(H,17,18,20). The summed E-state index contributed by atoms with van der Waals surface area (Å²) in [5.41, 5.74) is -0.0154. The Balaban J connectivity index is 1.90. The van der Waals surface area contributed by atoms with Crippen LogP contribution in [0.1, 0.15) is 50.8 Å². The van der Waals surface area contributed by atoms with Crippen LogP contribution >= 0.6 is 0 Å². The van der Waals surface area contributed by atoms with Crippen molar-refractivity contribution in [2.24, 2.45) is 0 Å². The lowest BCUT2D eigenvalue weighted by molar-refractivity contribution is 0.380. The number of H-pyrrole nitrogens is 1. The second-order valence-electron chi connectivity index (χ2n) is 6.10. The summed E-state index contributed by atoms with van der Waals surface area (Å²) in [5, 5.41) is 3.34. The lowest BCUT2D eigenvalue weighted by atomic mass is 9.96. The molecular weight excluding hydrogens is 252 g/mol. The molecule has 2 N–H and O–H groups in total. The van der Waals surface area contributed by atoms with E-state index in [-0.39, 0.29) is 5.56 Å². The molecule has 1 aromatic rings. The van der Waals surface area contributed by atoms with Crippen molar-refractivity contribution < 1.29 is 0 Å². The molecule has 1 aliphatic heterocycles. The highest BCUT2D eigenvalue weighted by Gasteiger charge is 2.30. The summed E-state index contributed by atoms with van der Waals surface area (Å²) >= 11 is 0. The lowest BCUT2D eigenvalue weighted by Gasteiger charge is -2.40. The SMILES string of the molecule is CNC(C)C1CCCCN1c1cc(=O)[nH]c(C2CC2)n1. The molecule has 0 spiro atoms. The number of rotatable bonds is 4. The van der Waals surface area contributed by atoms with Gasteiger partial charge in [0.15, 0.2) is 0 Å². The van der Waals surface area contributed by atoms with Crippen LogP contribution in [-0.4, -0.2) is 35.6 Å². The Morgan fingerprint density at radius 1 is 1.40 bits per heavy atom. The van der Waals surface area contributed by atoms with E-state index in [9.17, 15) is 4.79 Å². The molecule has 1 saturated carbocycles. The van der Waals surface area contributed by atoms with Crippen molar-refractivity contribution in [3.63, 3.8) is 0 Å². The molecular formula is C15H24N4O. The van der Waals surface area contributed by atoms with Gasteiger partial charge in [0, 0.05) is 30.6 Å². The van der Waals surface area contributed by atoms with Crippen LogP contribution in [0.5, 0.6) is 0 Å². The highest BCUT2D eigenvalue weighted by Crippen LogP contribution is 2.38. The largest absolute Gasteiger partial charge is 0.352 e. The molecule has 0 amide bonds. The van der Waals surface area contributed by atoms with Gasteiger partial charge in [0.25, 0.3) is 5.56 Å². The number of aromatic amines is 1. The van der Waals surface area contributed by atoms with Gasteiger partial charge in [0.2, 0.25) is 0 Å². The maximum absolute atomic E-state index is 11.9. The number of nitrogens with one attached hydrogen (secondary N) is 2. The van der Waals surface area contributed by atoms with Gasteiger partial charge >= 0.3 is 0 Å². The zero-order valence-corrected chi connectivity index (χ0v) is 12.4. The zero-order valence-electron chi connectivity index (χ0n) is 12.4. The van der Waals surface area contributed by atoms with Crippen LogP contribution < -0.4 is 15.8 Å². The summed E-state index contributed by atoms with van der Waals surface area (Å²) in [7, 11) is 2.00. The summed E-state index contributed by atoms with van der Waals surface area (Å²) in [4.78, 5) is 21.8. The van der Waals surface area contributed by atoms with Crippen molar-refractivity contribution in [3.05, 3.63) is 22.2 Å². The first-order valence-electron chi connectivity index (χ1n) is 7.74. The lowest BCUT2D eigenvalue weighted by Crippen LogP contribution is -2.51. The molecule has 5 heteroatoms. The summed E-state index contributed by atoms with van der Waals surface area (Å²) < 4.78 is 0. The van der Waals surface area contributed by atoms with Gasteiger partial charge in [-0.25, -0.2) is 4.98 Å². The van der Waals surface area contributed by atoms with Crippen molar-refractivity contribution in [2.45, 2.75) is 57.0 Å². The monoisotopic (exact) mass is 276 g/mol. The molecule has 5 nitrogen and oxygen atoms in total. The van der Waals surface area contributed by atoms with Gasteiger partial charge in [-0.2, -0.15) is 0 Å². The van der Waals surface area contributed by atoms with E-state index in [1.165, 1.54) is 12.8 Å². The van der Waals surface area contributed by atoms with Gasteiger partial charge in [0.05, 0.1) is 0 Å². The Labute approximate surface area is 119 Å². The number of piperidine rings is 1. The minimum absolute atomic E-state index is 0.0154. The third-order valence-electron chi connectivity index (χ3n) is 4.59. The molecule has 20 heavy (non-hydrogen) atoms. The number of hydrogen-bond acceptors (Lipinski definition) is 4. The van der Waals surface area contributed by atoms with Gasteiger partial charge in [-0.15, -0.1) is 0 Å². The highest BCUT2D eigenvalue weighted by atomic mass is 16.1. The van der Waals surface area contributed by atoms with E-state index in [1.807, 2.05) is 7.05 Å². The van der Waals surface area contributed by atoms with Crippen LogP contribution in [0, 0.1) is 0 Å². The van der Waals surface area contributed by atoms with E-state index in [2.05, 4.69) is 22.1 Å².